The number of thiophene rings is 1. The molecule has 544 valence electrons. The minimum Gasteiger partial charge on any atom is -0.311 e. The first-order chi connectivity index (χ1) is 53.5. The summed E-state index contributed by atoms with van der Waals surface area (Å²) in [5, 5.41) is 1.32. The largest absolute Gasteiger partial charge is 0.311 e. The number of benzene rings is 13. The molecule has 6 nitrogen and oxygen atoms in total. The summed E-state index contributed by atoms with van der Waals surface area (Å²) < 4.78 is 2.70. The summed E-state index contributed by atoms with van der Waals surface area (Å²) in [6.45, 7) is 33.1. The number of fused-ring (bicyclic) bond motifs is 12. The molecule has 0 atom stereocenters. The normalized spacial score (nSPS) is 16.1. The van der Waals surface area contributed by atoms with E-state index in [1.165, 1.54) is 138 Å². The van der Waals surface area contributed by atoms with Gasteiger partial charge in [0, 0.05) is 88.8 Å². The number of rotatable bonds is 10. The first-order valence-electron chi connectivity index (χ1n) is 40.1. The highest BCUT2D eigenvalue weighted by Crippen LogP contribution is 2.58. The van der Waals surface area contributed by atoms with E-state index in [-0.39, 0.29) is 35.1 Å². The molecule has 13 aromatic carbocycles. The quantitative estimate of drug-likeness (QED) is 0.126. The predicted molar refractivity (Wildman–Crippen MR) is 478 cm³/mol. The van der Waals surface area contributed by atoms with E-state index in [1.807, 2.05) is 11.3 Å². The molecule has 20 rings (SSSR count). The van der Waals surface area contributed by atoms with Gasteiger partial charge in [0.2, 0.25) is 0 Å². The topological polar surface area (TPSA) is 19.4 Å². The fourth-order valence-corrected chi connectivity index (χ4v) is 21.8. The molecule has 2 aliphatic carbocycles. The molecule has 0 N–H and O–H groups in total. The number of nitrogens with zero attached hydrogens (tertiary/aromatic N) is 6. The van der Waals surface area contributed by atoms with Gasteiger partial charge in [-0.1, -0.05) is 213 Å². The van der Waals surface area contributed by atoms with Crippen molar-refractivity contribution in [3.8, 4) is 0 Å². The average Bonchev–Trinajstić information content (AvgIpc) is 1.67. The Balaban J connectivity index is 0.939. The predicted octanol–water partition coefficient (Wildman–Crippen LogP) is 24.6. The first-order valence-corrected chi connectivity index (χ1v) is 41.0. The highest BCUT2D eigenvalue weighted by Gasteiger charge is 2.51. The molecule has 1 aromatic heterocycles. The number of para-hydroxylation sites is 8. The lowest BCUT2D eigenvalue weighted by atomic mass is 9.31. The highest BCUT2D eigenvalue weighted by molar-refractivity contribution is 7.33. The van der Waals surface area contributed by atoms with Gasteiger partial charge in [0.05, 0.1) is 28.4 Å². The second-order valence-corrected chi connectivity index (χ2v) is 36.3. The van der Waals surface area contributed by atoms with Crippen LogP contribution in [0.15, 0.2) is 267 Å². The van der Waals surface area contributed by atoms with Gasteiger partial charge in [-0.2, -0.15) is 0 Å². The summed E-state index contributed by atoms with van der Waals surface area (Å²) in [6.07, 6.45) is 4.53. The van der Waals surface area contributed by atoms with Gasteiger partial charge in [0.1, 0.15) is 0 Å². The van der Waals surface area contributed by atoms with Crippen LogP contribution in [0.2, 0.25) is 0 Å². The Morgan fingerprint density at radius 1 is 0.297 bits per heavy atom. The summed E-state index contributed by atoms with van der Waals surface area (Å²) in [5.41, 5.74) is 40.4. The Bertz CT molecular complexity index is 6150. The van der Waals surface area contributed by atoms with Crippen molar-refractivity contribution in [3.63, 3.8) is 0 Å². The zero-order valence-corrected chi connectivity index (χ0v) is 67.3. The van der Waals surface area contributed by atoms with Crippen molar-refractivity contribution in [2.24, 2.45) is 0 Å². The third-order valence-electron chi connectivity index (χ3n) is 26.4. The zero-order valence-electron chi connectivity index (χ0n) is 66.5. The monoisotopic (exact) mass is 1460 g/mol. The summed E-state index contributed by atoms with van der Waals surface area (Å²) in [5.74, 6) is 0. The Labute approximate surface area is 661 Å². The van der Waals surface area contributed by atoms with E-state index in [0.717, 1.165) is 88.2 Å². The molecule has 4 aliphatic heterocycles. The number of hydrogen-bond acceptors (Lipinski definition) is 7. The lowest BCUT2D eigenvalue weighted by Crippen LogP contribution is -2.65. The second kappa shape index (κ2) is 25.1. The van der Waals surface area contributed by atoms with Crippen LogP contribution < -0.4 is 61.5 Å². The van der Waals surface area contributed by atoms with E-state index in [9.17, 15) is 0 Å². The highest BCUT2D eigenvalue weighted by atomic mass is 32.1. The van der Waals surface area contributed by atoms with Crippen LogP contribution in [0.25, 0.3) is 10.1 Å². The van der Waals surface area contributed by atoms with Crippen LogP contribution in [0.5, 0.6) is 0 Å². The maximum atomic E-state index is 2.74. The van der Waals surface area contributed by atoms with Crippen LogP contribution in [-0.4, -0.2) is 13.4 Å². The standard InChI is InChI=1S/C102H94B2N6S/c1-63-32-24-27-45-83(63)109(95-65(3)34-30-35-66(95)4)73-55-88-93-89(56-73)107(72-48-49-76-77(54-72)100(9,10)51-50-99(76,7)8)85-47-29-26-44-80(85)103(93)81-61-82-87(62-86(81)105(88)69-38-18-15-19-39-69)106(70-40-20-16-21-41-70)90-57-74(110(84-46-28-25-33-64(84)2)96-67(5)36-31-37-68(96)6)58-91-94(90)104(82)98-97(108(91)71-42-22-17-23-43-71)75-59-78-79(60-92(75)111-98)102(13,14)53-52-101(78,11)12/h15-49,54-62H,50-53H2,1-14H3. The van der Waals surface area contributed by atoms with Crippen LogP contribution in [0.3, 0.4) is 0 Å². The molecule has 0 unspecified atom stereocenters. The molecule has 9 heteroatoms. The molecule has 0 amide bonds. The van der Waals surface area contributed by atoms with Gasteiger partial charge in [-0.15, -0.1) is 11.3 Å². The summed E-state index contributed by atoms with van der Waals surface area (Å²) in [7, 11) is 0. The number of aryl methyl sites for hydroxylation is 6. The van der Waals surface area contributed by atoms with Crippen molar-refractivity contribution >= 4 is 169 Å². The molecule has 0 spiro atoms. The van der Waals surface area contributed by atoms with Crippen LogP contribution in [-0.2, 0) is 21.7 Å². The lowest BCUT2D eigenvalue weighted by Gasteiger charge is -2.48. The Morgan fingerprint density at radius 2 is 0.685 bits per heavy atom. The van der Waals surface area contributed by atoms with Crippen LogP contribution in [0.4, 0.5) is 102 Å². The molecule has 5 heterocycles. The van der Waals surface area contributed by atoms with Crippen molar-refractivity contribution in [1.29, 1.82) is 0 Å². The van der Waals surface area contributed by atoms with Crippen LogP contribution >= 0.6 is 11.3 Å². The smallest absolute Gasteiger partial charge is 0.264 e. The molecule has 0 fully saturated rings. The van der Waals surface area contributed by atoms with Gasteiger partial charge in [0.15, 0.2) is 0 Å². The van der Waals surface area contributed by atoms with Crippen molar-refractivity contribution in [1.82, 2.24) is 0 Å². The van der Waals surface area contributed by atoms with Gasteiger partial charge in [-0.25, -0.2) is 0 Å². The molecule has 0 saturated heterocycles. The molecule has 0 bridgehead atoms. The summed E-state index contributed by atoms with van der Waals surface area (Å²) in [4.78, 5) is 15.9. The molecule has 0 radical (unpaired) electrons. The number of hydrogen-bond donors (Lipinski definition) is 0. The van der Waals surface area contributed by atoms with Crippen molar-refractivity contribution < 1.29 is 0 Å². The van der Waals surface area contributed by atoms with E-state index in [0.29, 0.717) is 0 Å². The van der Waals surface area contributed by atoms with E-state index in [1.54, 1.807) is 0 Å². The summed E-state index contributed by atoms with van der Waals surface area (Å²) >= 11 is 2.03. The molecule has 0 saturated carbocycles. The fraction of sp³-hybridized carbons (Fsp3) is 0.216. The fourth-order valence-electron chi connectivity index (χ4n) is 20.5. The van der Waals surface area contributed by atoms with Crippen molar-refractivity contribution in [2.75, 3.05) is 29.4 Å². The van der Waals surface area contributed by atoms with Crippen molar-refractivity contribution in [3.05, 3.63) is 323 Å². The minimum absolute atomic E-state index is 0.00509. The minimum atomic E-state index is -0.201. The third-order valence-corrected chi connectivity index (χ3v) is 27.6. The van der Waals surface area contributed by atoms with E-state index >= 15 is 0 Å². The van der Waals surface area contributed by atoms with E-state index < -0.39 is 0 Å². The average molecular weight is 1460 g/mol. The third kappa shape index (κ3) is 10.5. The Kier molecular flexibility index (Phi) is 15.6. The lowest BCUT2D eigenvalue weighted by molar-refractivity contribution is 0.332. The van der Waals surface area contributed by atoms with Gasteiger partial charge in [0.25, 0.3) is 13.4 Å². The first kappa shape index (κ1) is 69.0. The van der Waals surface area contributed by atoms with Gasteiger partial charge in [-0.05, 0) is 281 Å². The molecule has 14 aromatic rings. The molecule has 111 heavy (non-hydrogen) atoms. The van der Waals surface area contributed by atoms with Gasteiger partial charge < -0.3 is 29.4 Å². The van der Waals surface area contributed by atoms with E-state index in [2.05, 4.69) is 393 Å². The SMILES string of the molecule is Cc1ccccc1N(c1cc2c3c(c1)N(c1ccccc1)c1cc4c(cc1B3c1ccccc1N2c1ccc2c(c1)C(C)(C)CCC2(C)C)B1c2sc3cc5c(cc3c2N(c2ccccc2)c2cc(N(c3ccccc3C)c3c(C)cccc3C)cc(c21)N4c1ccccc1)C(C)(C)CCC5(C)C)c1c(C)cccc1C. The second-order valence-electron chi connectivity index (χ2n) is 35.2. The van der Waals surface area contributed by atoms with Crippen LogP contribution in [0.1, 0.15) is 137 Å². The van der Waals surface area contributed by atoms with Gasteiger partial charge >= 0.3 is 0 Å². The molecular formula is C102H94B2N6S. The van der Waals surface area contributed by atoms with Gasteiger partial charge in [-0.3, -0.25) is 0 Å². The maximum absolute atomic E-state index is 2.74. The van der Waals surface area contributed by atoms with Crippen LogP contribution in [0, 0.1) is 41.5 Å². The van der Waals surface area contributed by atoms with Crippen molar-refractivity contribution in [2.45, 2.75) is 144 Å². The number of anilines is 18. The maximum Gasteiger partial charge on any atom is 0.264 e. The van der Waals surface area contributed by atoms with E-state index in [4.69, 9.17) is 0 Å². The molecule has 6 aliphatic rings. The summed E-state index contributed by atoms with van der Waals surface area (Å²) in [6, 6.07) is 104. The Hall–Kier alpha value is -11.3. The molecular weight excluding hydrogens is 1360 g/mol. The Morgan fingerprint density at radius 3 is 1.18 bits per heavy atom. The zero-order chi connectivity index (χ0) is 76.1.